The van der Waals surface area contributed by atoms with Gasteiger partial charge in [-0.2, -0.15) is 13.2 Å². The number of aryl methyl sites for hydroxylation is 1. The minimum atomic E-state index is -5.72. The number of aliphatic hydroxyl groups is 1. The highest BCUT2D eigenvalue weighted by Crippen LogP contribution is 2.65. The van der Waals surface area contributed by atoms with Crippen LogP contribution in [0.5, 0.6) is 11.5 Å². The molecule has 0 aromatic heterocycles. The highest BCUT2D eigenvalue weighted by molar-refractivity contribution is 7.90. The molecule has 3 aromatic carbocycles. The normalized spacial score (nSPS) is 26.3. The highest BCUT2D eigenvalue weighted by atomic mass is 32.2. The van der Waals surface area contributed by atoms with Gasteiger partial charge in [0.2, 0.25) is 0 Å². The van der Waals surface area contributed by atoms with Crippen LogP contribution in [0.25, 0.3) is 0 Å². The van der Waals surface area contributed by atoms with Gasteiger partial charge in [0.15, 0.2) is 33.1 Å². The number of fused-ring (bicyclic) bond motifs is 5. The second-order valence-electron chi connectivity index (χ2n) is 14.3. The SMILES string of the molecule is C[C@]12C[C@H](c3ccc(OCCCCCS(=O)(=O)Cc4c(F)c(F)c(C(F)(F)F)c(F)c4F)cc3)[C@@H]3c4ccc(O)cc4CC[C@H]3[C@@H]1CC[C@@H]2O. The first kappa shape index (κ1) is 36.5. The molecule has 5 nitrogen and oxygen atoms in total. The van der Waals surface area contributed by atoms with Gasteiger partial charge in [-0.15, -0.1) is 0 Å². The second-order valence-corrected chi connectivity index (χ2v) is 16.5. The smallest absolute Gasteiger partial charge is 0.422 e. The monoisotopic (exact) mass is 728 g/mol. The standard InChI is InChI=1S/C37H39F7O5S/c1-36-18-26(30-24-12-8-22(45)17-21(24)7-11-25(30)28(36)13-14-29(36)46)20-5-9-23(10-6-20)49-15-3-2-4-16-50(47,48)19-27-32(38)34(40)31(37(42,43)44)35(41)33(27)39/h5-6,8-10,12,17,25-26,28-30,45-46H,2-4,7,11,13-16,18-19H2,1H3/t25-,26+,28-,29-,30+,36-/m0/s1. The van der Waals surface area contributed by atoms with Crippen LogP contribution in [0.3, 0.4) is 0 Å². The summed E-state index contributed by atoms with van der Waals surface area (Å²) in [6.45, 7) is 2.45. The Labute approximate surface area is 286 Å². The largest absolute Gasteiger partial charge is 0.508 e. The van der Waals surface area contributed by atoms with Crippen molar-refractivity contribution in [2.24, 2.45) is 17.3 Å². The summed E-state index contributed by atoms with van der Waals surface area (Å²) in [4.78, 5) is 0. The van der Waals surface area contributed by atoms with Crippen molar-refractivity contribution < 1.29 is 54.1 Å². The molecule has 13 heteroatoms. The van der Waals surface area contributed by atoms with E-state index < -0.39 is 61.9 Å². The van der Waals surface area contributed by atoms with Crippen LogP contribution >= 0.6 is 0 Å². The number of hydrogen-bond donors (Lipinski definition) is 2. The maximum absolute atomic E-state index is 14.2. The van der Waals surface area contributed by atoms with Crippen LogP contribution < -0.4 is 4.74 Å². The predicted octanol–water partition coefficient (Wildman–Crippen LogP) is 8.74. The van der Waals surface area contributed by atoms with Crippen LogP contribution in [0.15, 0.2) is 42.5 Å². The van der Waals surface area contributed by atoms with E-state index in [-0.39, 0.29) is 42.1 Å². The van der Waals surface area contributed by atoms with Crippen molar-refractivity contribution in [1.29, 1.82) is 0 Å². The average molecular weight is 729 g/mol. The van der Waals surface area contributed by atoms with Gasteiger partial charge >= 0.3 is 6.18 Å². The zero-order chi connectivity index (χ0) is 36.2. The van der Waals surface area contributed by atoms with Gasteiger partial charge in [-0.1, -0.05) is 25.1 Å². The van der Waals surface area contributed by atoms with Crippen molar-refractivity contribution in [3.63, 3.8) is 0 Å². The van der Waals surface area contributed by atoms with Crippen molar-refractivity contribution in [1.82, 2.24) is 0 Å². The Balaban J connectivity index is 1.05. The Morgan fingerprint density at radius 1 is 0.900 bits per heavy atom. The number of unbranched alkanes of at least 4 members (excludes halogenated alkanes) is 2. The van der Waals surface area contributed by atoms with Crippen LogP contribution in [0, 0.1) is 40.5 Å². The maximum atomic E-state index is 14.2. The molecular weight excluding hydrogens is 689 g/mol. The summed E-state index contributed by atoms with van der Waals surface area (Å²) in [5.41, 5.74) is -0.965. The molecule has 2 saturated carbocycles. The lowest BCUT2D eigenvalue weighted by Crippen LogP contribution is -2.47. The molecule has 2 fully saturated rings. The Kier molecular flexibility index (Phi) is 9.97. The summed E-state index contributed by atoms with van der Waals surface area (Å²) in [5.74, 6) is -10.1. The number of halogens is 7. The Hall–Kier alpha value is -3.32. The van der Waals surface area contributed by atoms with E-state index in [1.54, 1.807) is 6.07 Å². The van der Waals surface area contributed by atoms with Gasteiger partial charge < -0.3 is 14.9 Å². The lowest BCUT2D eigenvalue weighted by molar-refractivity contribution is -0.143. The topological polar surface area (TPSA) is 83.8 Å². The summed E-state index contributed by atoms with van der Waals surface area (Å²) < 4.78 is 125. The molecule has 0 heterocycles. The molecule has 50 heavy (non-hydrogen) atoms. The Morgan fingerprint density at radius 3 is 2.24 bits per heavy atom. The van der Waals surface area contributed by atoms with Crippen molar-refractivity contribution >= 4 is 9.84 Å². The van der Waals surface area contributed by atoms with Crippen molar-refractivity contribution in [2.75, 3.05) is 12.4 Å². The number of ether oxygens (including phenoxy) is 1. The Morgan fingerprint density at radius 2 is 1.58 bits per heavy atom. The predicted molar refractivity (Wildman–Crippen MR) is 171 cm³/mol. The van der Waals surface area contributed by atoms with Gasteiger partial charge in [0.05, 0.1) is 24.2 Å². The van der Waals surface area contributed by atoms with Crippen molar-refractivity contribution in [3.8, 4) is 11.5 Å². The maximum Gasteiger partial charge on any atom is 0.422 e. The van der Waals surface area contributed by atoms with Gasteiger partial charge in [0.25, 0.3) is 0 Å². The third kappa shape index (κ3) is 6.83. The van der Waals surface area contributed by atoms with Gasteiger partial charge in [-0.3, -0.25) is 0 Å². The minimum absolute atomic E-state index is 0.0224. The van der Waals surface area contributed by atoms with Gasteiger partial charge in [0, 0.05) is 5.56 Å². The molecule has 3 aliphatic carbocycles. The number of alkyl halides is 3. The molecular formula is C37H39F7O5S. The van der Waals surface area contributed by atoms with Crippen molar-refractivity contribution in [2.45, 2.75) is 88.2 Å². The van der Waals surface area contributed by atoms with Gasteiger partial charge in [-0.05, 0) is 121 Å². The first-order valence-electron chi connectivity index (χ1n) is 16.9. The fourth-order valence-corrected chi connectivity index (χ4v) is 10.4. The molecule has 0 amide bonds. The number of hydrogen-bond acceptors (Lipinski definition) is 5. The molecule has 0 unspecified atom stereocenters. The number of sulfone groups is 1. The Bertz CT molecular complexity index is 1820. The number of phenols is 1. The first-order chi connectivity index (χ1) is 23.5. The number of aliphatic hydroxyl groups excluding tert-OH is 1. The van der Waals surface area contributed by atoms with Gasteiger partial charge in [-0.25, -0.2) is 26.0 Å². The van der Waals surface area contributed by atoms with Crippen LogP contribution in [0.4, 0.5) is 30.7 Å². The van der Waals surface area contributed by atoms with Gasteiger partial charge in [0.1, 0.15) is 17.1 Å². The summed E-state index contributed by atoms with van der Waals surface area (Å²) in [7, 11) is -4.32. The summed E-state index contributed by atoms with van der Waals surface area (Å²) in [6.07, 6.45) is -0.762. The summed E-state index contributed by atoms with van der Waals surface area (Å²) in [6, 6.07) is 13.5. The van der Waals surface area contributed by atoms with E-state index in [0.717, 1.165) is 37.7 Å². The number of aromatic hydroxyl groups is 1. The molecule has 6 atom stereocenters. The summed E-state index contributed by atoms with van der Waals surface area (Å²) in [5, 5.41) is 21.2. The van der Waals surface area contributed by atoms with E-state index in [1.165, 1.54) is 11.1 Å². The molecule has 0 radical (unpaired) electrons. The number of phenolic OH excluding ortho intramolecular Hbond substituents is 1. The fraction of sp³-hybridized carbons (Fsp3) is 0.514. The highest BCUT2D eigenvalue weighted by Gasteiger charge is 2.57. The van der Waals surface area contributed by atoms with E-state index in [9.17, 15) is 49.4 Å². The van der Waals surface area contributed by atoms with E-state index in [2.05, 4.69) is 13.0 Å². The number of benzene rings is 3. The van der Waals surface area contributed by atoms with E-state index in [1.807, 2.05) is 30.3 Å². The minimum Gasteiger partial charge on any atom is -0.508 e. The zero-order valence-corrected chi connectivity index (χ0v) is 28.2. The summed E-state index contributed by atoms with van der Waals surface area (Å²) >= 11 is 0. The molecule has 3 aliphatic rings. The van der Waals surface area contributed by atoms with Crippen LogP contribution in [-0.2, 0) is 28.2 Å². The van der Waals surface area contributed by atoms with Crippen LogP contribution in [-0.4, -0.2) is 37.1 Å². The number of rotatable bonds is 10. The molecule has 2 N–H and O–H groups in total. The van der Waals surface area contributed by atoms with E-state index in [4.69, 9.17) is 4.74 Å². The fourth-order valence-electron chi connectivity index (χ4n) is 8.94. The molecule has 3 aromatic rings. The molecule has 0 bridgehead atoms. The molecule has 0 spiro atoms. The second kappa shape index (κ2) is 13.7. The van der Waals surface area contributed by atoms with Crippen LogP contribution in [0.2, 0.25) is 0 Å². The first-order valence-corrected chi connectivity index (χ1v) is 18.7. The molecule has 272 valence electrons. The van der Waals surface area contributed by atoms with Crippen LogP contribution in [0.1, 0.15) is 91.5 Å². The van der Waals surface area contributed by atoms with E-state index >= 15 is 0 Å². The third-order valence-electron chi connectivity index (χ3n) is 11.3. The quantitative estimate of drug-likeness (QED) is 0.124. The average Bonchev–Trinajstić information content (AvgIpc) is 3.36. The lowest BCUT2D eigenvalue weighted by Gasteiger charge is -2.54. The molecule has 0 aliphatic heterocycles. The van der Waals surface area contributed by atoms with E-state index in [0.29, 0.717) is 30.4 Å². The molecule has 6 rings (SSSR count). The molecule has 0 saturated heterocycles. The zero-order valence-electron chi connectivity index (χ0n) is 27.4. The lowest BCUT2D eigenvalue weighted by atomic mass is 9.51. The third-order valence-corrected chi connectivity index (χ3v) is 13.0. The van der Waals surface area contributed by atoms with Crippen molar-refractivity contribution in [3.05, 3.63) is 93.6 Å².